The van der Waals surface area contributed by atoms with Gasteiger partial charge >= 0.3 is 0 Å². The molecule has 4 heteroatoms. The summed E-state index contributed by atoms with van der Waals surface area (Å²) in [7, 11) is 0. The van der Waals surface area contributed by atoms with Crippen LogP contribution < -0.4 is 0 Å². The van der Waals surface area contributed by atoms with Crippen LogP contribution in [0.25, 0.3) is 0 Å². The van der Waals surface area contributed by atoms with Gasteiger partial charge in [-0.3, -0.25) is 0 Å². The highest BCUT2D eigenvalue weighted by molar-refractivity contribution is 5.45. The van der Waals surface area contributed by atoms with Gasteiger partial charge in [0.2, 0.25) is 0 Å². The maximum Gasteiger partial charge on any atom is 0.171 e. The average Bonchev–Trinajstić information content (AvgIpc) is 3.07. The van der Waals surface area contributed by atoms with Gasteiger partial charge in [0.25, 0.3) is 0 Å². The lowest BCUT2D eigenvalue weighted by molar-refractivity contribution is -0.295. The highest BCUT2D eigenvalue weighted by Crippen LogP contribution is 2.67. The standard InChI is InChI=1S/C30H38O4/c1-4-20-6-8-21(9-7-20)23-18-27(2)24(11-13-28(27,3)31)22-10-14-29(32)19-30(33-16-5-17-34-30)15-12-25(29)26(22)23/h1,6-9,22-24,31-32H,5,10-19H2,2-3H3/t22?,23-,24?,27+,28+,29-/m1/s1. The molecular formula is C30H38O4. The van der Waals surface area contributed by atoms with Crippen LogP contribution in [0, 0.1) is 29.6 Å². The van der Waals surface area contributed by atoms with Gasteiger partial charge in [0.05, 0.1) is 24.4 Å². The van der Waals surface area contributed by atoms with Crippen molar-refractivity contribution in [3.63, 3.8) is 0 Å². The van der Waals surface area contributed by atoms with Gasteiger partial charge in [-0.1, -0.05) is 30.6 Å². The van der Waals surface area contributed by atoms with E-state index in [0.717, 1.165) is 56.9 Å². The Bertz CT molecular complexity index is 1040. The van der Waals surface area contributed by atoms with Crippen molar-refractivity contribution in [3.05, 3.63) is 46.5 Å². The summed E-state index contributed by atoms with van der Waals surface area (Å²) >= 11 is 0. The summed E-state index contributed by atoms with van der Waals surface area (Å²) in [5.74, 6) is 3.15. The Morgan fingerprint density at radius 3 is 2.44 bits per heavy atom. The van der Waals surface area contributed by atoms with E-state index in [-0.39, 0.29) is 11.3 Å². The SMILES string of the molecule is C#Cc1ccc([C@H]2C[C@@]3(C)C(CC[C@]3(C)O)C3CC[C@@]4(O)CC5(CCC4=C32)OCCCO5)cc1. The molecule has 0 bridgehead atoms. The number of allylic oxidation sites excluding steroid dienone is 1. The molecule has 2 N–H and O–H groups in total. The van der Waals surface area contributed by atoms with Gasteiger partial charge < -0.3 is 19.7 Å². The molecule has 1 aromatic carbocycles. The molecule has 1 spiro atoms. The minimum absolute atomic E-state index is 0.141. The van der Waals surface area contributed by atoms with Crippen LogP contribution in [0.2, 0.25) is 0 Å². The second kappa shape index (κ2) is 7.68. The number of ether oxygens (including phenoxy) is 2. The minimum atomic E-state index is -0.868. The number of hydrogen-bond donors (Lipinski definition) is 2. The van der Waals surface area contributed by atoms with E-state index in [4.69, 9.17) is 15.9 Å². The second-order valence-electron chi connectivity index (χ2n) is 12.1. The lowest BCUT2D eigenvalue weighted by atomic mass is 9.50. The molecule has 0 amide bonds. The van der Waals surface area contributed by atoms with E-state index >= 15 is 0 Å². The molecule has 1 aliphatic heterocycles. The van der Waals surface area contributed by atoms with Crippen LogP contribution >= 0.6 is 0 Å². The zero-order chi connectivity index (χ0) is 23.8. The molecule has 2 unspecified atom stereocenters. The van der Waals surface area contributed by atoms with Crippen LogP contribution in [0.15, 0.2) is 35.4 Å². The zero-order valence-electron chi connectivity index (χ0n) is 20.6. The van der Waals surface area contributed by atoms with E-state index in [2.05, 4.69) is 25.0 Å². The molecule has 6 rings (SSSR count). The van der Waals surface area contributed by atoms with Crippen LogP contribution in [0.1, 0.15) is 88.7 Å². The van der Waals surface area contributed by atoms with E-state index in [1.165, 1.54) is 16.7 Å². The normalized spacial score (nSPS) is 43.1. The topological polar surface area (TPSA) is 58.9 Å². The molecule has 3 saturated carbocycles. The Hall–Kier alpha value is -1.64. The van der Waals surface area contributed by atoms with Crippen molar-refractivity contribution in [2.75, 3.05) is 13.2 Å². The molecule has 182 valence electrons. The predicted molar refractivity (Wildman–Crippen MR) is 131 cm³/mol. The molecule has 4 aliphatic carbocycles. The largest absolute Gasteiger partial charge is 0.390 e. The average molecular weight is 463 g/mol. The number of terminal acetylenes is 1. The molecule has 1 heterocycles. The summed E-state index contributed by atoms with van der Waals surface area (Å²) in [4.78, 5) is 0. The van der Waals surface area contributed by atoms with E-state index in [1.54, 1.807) is 0 Å². The zero-order valence-corrected chi connectivity index (χ0v) is 20.6. The summed E-state index contributed by atoms with van der Waals surface area (Å²) in [5, 5.41) is 23.6. The molecule has 4 fully saturated rings. The molecule has 0 aromatic heterocycles. The Morgan fingerprint density at radius 2 is 1.74 bits per heavy atom. The Balaban J connectivity index is 1.47. The Kier molecular flexibility index (Phi) is 5.15. The summed E-state index contributed by atoms with van der Waals surface area (Å²) in [5.41, 5.74) is 3.16. The number of benzene rings is 1. The van der Waals surface area contributed by atoms with Crippen molar-refractivity contribution in [3.8, 4) is 12.3 Å². The third-order valence-corrected chi connectivity index (χ3v) is 10.5. The first-order valence-electron chi connectivity index (χ1n) is 13.2. The van der Waals surface area contributed by atoms with Crippen molar-refractivity contribution < 1.29 is 19.7 Å². The lowest BCUT2D eigenvalue weighted by Gasteiger charge is -2.58. The third kappa shape index (κ3) is 3.21. The van der Waals surface area contributed by atoms with Crippen LogP contribution in [-0.2, 0) is 9.47 Å². The van der Waals surface area contributed by atoms with E-state index < -0.39 is 17.0 Å². The first kappa shape index (κ1) is 22.8. The van der Waals surface area contributed by atoms with Crippen LogP contribution in [0.5, 0.6) is 0 Å². The van der Waals surface area contributed by atoms with Crippen molar-refractivity contribution >= 4 is 0 Å². The van der Waals surface area contributed by atoms with E-state index in [0.29, 0.717) is 31.5 Å². The third-order valence-electron chi connectivity index (χ3n) is 10.5. The smallest absolute Gasteiger partial charge is 0.171 e. The minimum Gasteiger partial charge on any atom is -0.390 e. The fourth-order valence-electron chi connectivity index (χ4n) is 8.46. The monoisotopic (exact) mass is 462 g/mol. The first-order chi connectivity index (χ1) is 16.2. The maximum atomic E-state index is 12.1. The summed E-state index contributed by atoms with van der Waals surface area (Å²) in [6.45, 7) is 5.79. The molecule has 4 nitrogen and oxygen atoms in total. The van der Waals surface area contributed by atoms with Gasteiger partial charge in [-0.05, 0) is 87.0 Å². The van der Waals surface area contributed by atoms with E-state index in [1.807, 2.05) is 19.1 Å². The molecule has 1 aromatic rings. The van der Waals surface area contributed by atoms with Gasteiger partial charge in [0, 0.05) is 29.7 Å². The van der Waals surface area contributed by atoms with Crippen LogP contribution in [0.3, 0.4) is 0 Å². The molecule has 5 aliphatic rings. The Morgan fingerprint density at radius 1 is 1.00 bits per heavy atom. The number of hydrogen-bond acceptors (Lipinski definition) is 4. The van der Waals surface area contributed by atoms with Crippen LogP contribution in [-0.4, -0.2) is 40.4 Å². The highest BCUT2D eigenvalue weighted by Gasteiger charge is 2.63. The fourth-order valence-corrected chi connectivity index (χ4v) is 8.46. The van der Waals surface area contributed by atoms with Crippen molar-refractivity contribution in [2.45, 2.75) is 94.5 Å². The quantitative estimate of drug-likeness (QED) is 0.452. The van der Waals surface area contributed by atoms with Crippen LogP contribution in [0.4, 0.5) is 0 Å². The fraction of sp³-hybridized carbons (Fsp3) is 0.667. The summed E-state index contributed by atoms with van der Waals surface area (Å²) in [6.07, 6.45) is 13.3. The first-order valence-corrected chi connectivity index (χ1v) is 13.2. The maximum absolute atomic E-state index is 12.1. The van der Waals surface area contributed by atoms with Gasteiger partial charge in [-0.25, -0.2) is 0 Å². The van der Waals surface area contributed by atoms with Gasteiger partial charge in [0.1, 0.15) is 0 Å². The number of fused-ring (bicyclic) bond motifs is 4. The molecule has 1 saturated heterocycles. The van der Waals surface area contributed by atoms with Crippen molar-refractivity contribution in [1.82, 2.24) is 0 Å². The van der Waals surface area contributed by atoms with Gasteiger partial charge in [-0.2, -0.15) is 0 Å². The molecular weight excluding hydrogens is 424 g/mol. The Labute approximate surface area is 203 Å². The van der Waals surface area contributed by atoms with Gasteiger partial charge in [-0.15, -0.1) is 6.42 Å². The van der Waals surface area contributed by atoms with Crippen molar-refractivity contribution in [1.29, 1.82) is 0 Å². The van der Waals surface area contributed by atoms with Gasteiger partial charge in [0.15, 0.2) is 5.79 Å². The second-order valence-corrected chi connectivity index (χ2v) is 12.1. The molecule has 34 heavy (non-hydrogen) atoms. The predicted octanol–water partition coefficient (Wildman–Crippen LogP) is 5.08. The van der Waals surface area contributed by atoms with Crippen molar-refractivity contribution in [2.24, 2.45) is 17.3 Å². The number of rotatable bonds is 1. The summed E-state index contributed by atoms with van der Waals surface area (Å²) in [6, 6.07) is 8.41. The number of aliphatic hydroxyl groups is 2. The lowest BCUT2D eigenvalue weighted by Crippen LogP contribution is -2.56. The molecule has 6 atom stereocenters. The van der Waals surface area contributed by atoms with E-state index in [9.17, 15) is 10.2 Å². The highest BCUT2D eigenvalue weighted by atomic mass is 16.7. The summed E-state index contributed by atoms with van der Waals surface area (Å²) < 4.78 is 12.3. The molecule has 0 radical (unpaired) electrons.